The fourth-order valence-electron chi connectivity index (χ4n) is 3.03. The number of aryl methyl sites for hydroxylation is 1. The van der Waals surface area contributed by atoms with Crippen molar-refractivity contribution in [3.63, 3.8) is 0 Å². The third-order valence-electron chi connectivity index (χ3n) is 5.28. The fourth-order valence-corrected chi connectivity index (χ4v) is 5.54. The van der Waals surface area contributed by atoms with E-state index in [0.717, 1.165) is 15.2 Å². The molecule has 32 heavy (non-hydrogen) atoms. The topological polar surface area (TPSA) is 124 Å². The van der Waals surface area contributed by atoms with Crippen molar-refractivity contribution in [2.24, 2.45) is 11.5 Å². The van der Waals surface area contributed by atoms with E-state index in [1.807, 2.05) is 26.8 Å². The van der Waals surface area contributed by atoms with Crippen LogP contribution in [-0.4, -0.2) is 35.1 Å². The molecule has 2 heterocycles. The maximum Gasteiger partial charge on any atom is 0.158 e. The first-order chi connectivity index (χ1) is 14.9. The number of pyridine rings is 1. The lowest BCUT2D eigenvalue weighted by Gasteiger charge is -2.30. The number of rotatable bonds is 7. The second kappa shape index (κ2) is 10.2. The first-order valence-corrected chi connectivity index (χ1v) is 12.9. The number of hydrogen-bond acceptors (Lipinski definition) is 8. The lowest BCUT2D eigenvalue weighted by Crippen LogP contribution is -2.55. The van der Waals surface area contributed by atoms with Crippen LogP contribution in [0.4, 0.5) is 15.9 Å². The number of thiazole rings is 1. The van der Waals surface area contributed by atoms with Gasteiger partial charge < -0.3 is 16.8 Å². The highest BCUT2D eigenvalue weighted by Gasteiger charge is 2.39. The largest absolute Gasteiger partial charge is 0.338 e. The third kappa shape index (κ3) is 5.43. The van der Waals surface area contributed by atoms with Gasteiger partial charge in [0.2, 0.25) is 0 Å². The van der Waals surface area contributed by atoms with Crippen molar-refractivity contribution in [3.8, 4) is 0 Å². The highest BCUT2D eigenvalue weighted by molar-refractivity contribution is 7.92. The zero-order chi connectivity index (χ0) is 24.3. The summed E-state index contributed by atoms with van der Waals surface area (Å²) >= 11 is 1.56. The van der Waals surface area contributed by atoms with E-state index in [4.69, 9.17) is 11.5 Å². The number of halogens is 1. The first-order valence-electron chi connectivity index (χ1n) is 10.4. The van der Waals surface area contributed by atoms with Crippen LogP contribution in [0.5, 0.6) is 0 Å². The summed E-state index contributed by atoms with van der Waals surface area (Å²) < 4.78 is 39.8. The molecule has 3 aromatic rings. The summed E-state index contributed by atoms with van der Waals surface area (Å²) in [6.45, 7) is 10.5. The Morgan fingerprint density at radius 2 is 1.88 bits per heavy atom. The summed E-state index contributed by atoms with van der Waals surface area (Å²) in [5.74, 6) is -0.788. The van der Waals surface area contributed by atoms with E-state index in [9.17, 15) is 12.8 Å². The summed E-state index contributed by atoms with van der Waals surface area (Å²) in [4.78, 5) is 8.83. The molecule has 0 aliphatic carbocycles. The van der Waals surface area contributed by atoms with E-state index < -0.39 is 32.5 Å². The summed E-state index contributed by atoms with van der Waals surface area (Å²) in [7, 11) is -3.68. The van der Waals surface area contributed by atoms with Gasteiger partial charge in [-0.2, -0.15) is 0 Å². The third-order valence-corrected chi connectivity index (χ3v) is 9.03. The Balaban J connectivity index is 0.00000176. The first kappa shape index (κ1) is 26.1. The van der Waals surface area contributed by atoms with Crippen LogP contribution in [0, 0.1) is 12.7 Å². The molecule has 0 bridgehead atoms. The Hall–Kier alpha value is -2.14. The number of nitrogens with one attached hydrogen (secondary N) is 1. The van der Waals surface area contributed by atoms with Crippen LogP contribution in [-0.2, 0) is 9.84 Å². The van der Waals surface area contributed by atoms with Crippen molar-refractivity contribution >= 4 is 42.9 Å². The number of nitrogens with two attached hydrogens (primary N) is 2. The van der Waals surface area contributed by atoms with E-state index in [1.165, 1.54) is 19.9 Å². The van der Waals surface area contributed by atoms with E-state index in [1.54, 1.807) is 36.6 Å². The predicted octanol–water partition coefficient (Wildman–Crippen LogP) is 4.45. The number of sulfone groups is 1. The molecule has 0 spiro atoms. The zero-order valence-electron chi connectivity index (χ0n) is 19.3. The molecule has 1 unspecified atom stereocenters. The number of fused-ring (bicyclic) bond motifs is 1. The van der Waals surface area contributed by atoms with Crippen molar-refractivity contribution in [1.82, 2.24) is 9.97 Å². The summed E-state index contributed by atoms with van der Waals surface area (Å²) in [6, 6.07) is 6.38. The maximum absolute atomic E-state index is 14.5. The Bertz CT molecular complexity index is 1180. The van der Waals surface area contributed by atoms with Crippen LogP contribution in [0.3, 0.4) is 0 Å². The van der Waals surface area contributed by atoms with Gasteiger partial charge >= 0.3 is 0 Å². The van der Waals surface area contributed by atoms with E-state index in [0.29, 0.717) is 11.5 Å². The van der Waals surface area contributed by atoms with Crippen molar-refractivity contribution < 1.29 is 12.8 Å². The average Bonchev–Trinajstić information content (AvgIpc) is 3.11. The minimum absolute atomic E-state index is 0.273. The molecule has 0 radical (unpaired) electrons. The van der Waals surface area contributed by atoms with Gasteiger partial charge in [-0.05, 0) is 56.5 Å². The van der Waals surface area contributed by atoms with E-state index in [2.05, 4.69) is 15.3 Å². The molecule has 5 N–H and O–H groups in total. The second-order valence-corrected chi connectivity index (χ2v) is 11.8. The Labute approximate surface area is 193 Å². The van der Waals surface area contributed by atoms with Crippen LogP contribution in [0.1, 0.15) is 51.1 Å². The molecule has 0 aliphatic heterocycles. The monoisotopic (exact) mass is 481 g/mol. The molecular weight excluding hydrogens is 449 g/mol. The maximum atomic E-state index is 14.5. The molecule has 0 saturated carbocycles. The Morgan fingerprint density at radius 3 is 2.50 bits per heavy atom. The van der Waals surface area contributed by atoms with Crippen LogP contribution < -0.4 is 16.8 Å². The lowest BCUT2D eigenvalue weighted by atomic mass is 10.0. The lowest BCUT2D eigenvalue weighted by molar-refractivity contribution is 0.486. The van der Waals surface area contributed by atoms with E-state index >= 15 is 0 Å². The molecule has 1 aromatic carbocycles. The standard InChI is InChI=1S/C20H26FN5O2S2.C2H6/c1-11(10-30(27,28)20(3,4)19(22)23)14-9-13(5-6-15(14)21)26-18-17-16(7-8-24-18)29-12(2)25-17;1-2/h5-9,11,19H,10,22-23H2,1-4H3,(H,24,26);1-2H3. The fraction of sp³-hybridized carbons (Fsp3) is 0.455. The SMILES string of the molecule is CC.Cc1nc2c(Nc3ccc(F)c(C(C)CS(=O)(=O)C(C)(C)C(N)N)c3)nccc2s1. The molecular formula is C22H32FN5O2S2. The zero-order valence-corrected chi connectivity index (χ0v) is 20.9. The van der Waals surface area contributed by atoms with Crippen molar-refractivity contribution in [3.05, 3.63) is 46.9 Å². The molecule has 1 atom stereocenters. The molecule has 0 saturated heterocycles. The van der Waals surface area contributed by atoms with Crippen molar-refractivity contribution in [1.29, 1.82) is 0 Å². The quantitative estimate of drug-likeness (QED) is 0.426. The number of nitrogens with zero attached hydrogens (tertiary/aromatic N) is 2. The number of aromatic nitrogens is 2. The van der Waals surface area contributed by atoms with Gasteiger partial charge in [0.25, 0.3) is 0 Å². The molecule has 7 nitrogen and oxygen atoms in total. The molecule has 2 aromatic heterocycles. The molecule has 10 heteroatoms. The number of hydrogen-bond donors (Lipinski definition) is 3. The molecule has 176 valence electrons. The van der Waals surface area contributed by atoms with Crippen molar-refractivity contribution in [2.75, 3.05) is 11.1 Å². The van der Waals surface area contributed by atoms with Gasteiger partial charge in [0.15, 0.2) is 15.7 Å². The minimum atomic E-state index is -3.68. The minimum Gasteiger partial charge on any atom is -0.338 e. The molecule has 0 aliphatic rings. The van der Waals surface area contributed by atoms with Gasteiger partial charge in [-0.3, -0.25) is 0 Å². The van der Waals surface area contributed by atoms with Gasteiger partial charge in [-0.15, -0.1) is 11.3 Å². The highest BCUT2D eigenvalue weighted by atomic mass is 32.2. The summed E-state index contributed by atoms with van der Waals surface area (Å²) in [6.07, 6.45) is 0.640. The van der Waals surface area contributed by atoms with Crippen LogP contribution >= 0.6 is 11.3 Å². The van der Waals surface area contributed by atoms with Crippen molar-refractivity contribution in [2.45, 2.75) is 58.4 Å². The smallest absolute Gasteiger partial charge is 0.158 e. The Morgan fingerprint density at radius 1 is 1.22 bits per heavy atom. The number of anilines is 2. The van der Waals surface area contributed by atoms with Crippen LogP contribution in [0.2, 0.25) is 0 Å². The van der Waals surface area contributed by atoms with Crippen LogP contribution in [0.15, 0.2) is 30.5 Å². The van der Waals surface area contributed by atoms with E-state index in [-0.39, 0.29) is 11.3 Å². The average molecular weight is 482 g/mol. The van der Waals surface area contributed by atoms with Gasteiger partial charge in [-0.1, -0.05) is 20.8 Å². The van der Waals surface area contributed by atoms with Gasteiger partial charge in [0, 0.05) is 11.9 Å². The Kier molecular flexibility index (Phi) is 8.33. The van der Waals surface area contributed by atoms with Gasteiger partial charge in [0.1, 0.15) is 11.3 Å². The van der Waals surface area contributed by atoms with Gasteiger partial charge in [0.05, 0.1) is 26.4 Å². The predicted molar refractivity (Wildman–Crippen MR) is 132 cm³/mol. The molecule has 3 rings (SSSR count). The van der Waals surface area contributed by atoms with Gasteiger partial charge in [-0.25, -0.2) is 22.8 Å². The number of benzene rings is 1. The highest BCUT2D eigenvalue weighted by Crippen LogP contribution is 2.31. The summed E-state index contributed by atoms with van der Waals surface area (Å²) in [5.41, 5.74) is 12.9. The summed E-state index contributed by atoms with van der Waals surface area (Å²) in [5, 5.41) is 4.09. The van der Waals surface area contributed by atoms with Crippen LogP contribution in [0.25, 0.3) is 10.2 Å². The molecule has 0 fully saturated rings. The second-order valence-electron chi connectivity index (χ2n) is 7.91. The molecule has 0 amide bonds. The normalized spacial score (nSPS) is 13.1.